The molecule has 0 aliphatic carbocycles. The number of ether oxygens (including phenoxy) is 1. The van der Waals surface area contributed by atoms with Crippen LogP contribution in [0.25, 0.3) is 0 Å². The number of carbonyl (C=O) groups is 2. The van der Waals surface area contributed by atoms with Crippen molar-refractivity contribution in [3.63, 3.8) is 0 Å². The van der Waals surface area contributed by atoms with Crippen LogP contribution in [-0.2, 0) is 16.1 Å². The summed E-state index contributed by atoms with van der Waals surface area (Å²) >= 11 is 0. The van der Waals surface area contributed by atoms with Gasteiger partial charge in [0.15, 0.2) is 0 Å². The maximum atomic E-state index is 12.5. The van der Waals surface area contributed by atoms with Crippen molar-refractivity contribution >= 4 is 23.3 Å². The van der Waals surface area contributed by atoms with Crippen molar-refractivity contribution in [2.45, 2.75) is 18.7 Å². The Morgan fingerprint density at radius 2 is 1.78 bits per heavy atom. The number of hydrogen-bond donors (Lipinski definition) is 3. The van der Waals surface area contributed by atoms with Crippen LogP contribution in [0.3, 0.4) is 0 Å². The summed E-state index contributed by atoms with van der Waals surface area (Å²) < 4.78 is 5.41. The number of aliphatic hydroxyl groups excluding tert-OH is 1. The number of hydrogen-bond acceptors (Lipinski definition) is 5. The van der Waals surface area contributed by atoms with E-state index in [1.807, 2.05) is 30.3 Å². The van der Waals surface area contributed by atoms with Crippen LogP contribution in [0.5, 0.6) is 0 Å². The highest BCUT2D eigenvalue weighted by molar-refractivity contribution is 5.99. The normalized spacial score (nSPS) is 17.0. The van der Waals surface area contributed by atoms with Gasteiger partial charge in [0.05, 0.1) is 12.6 Å². The fourth-order valence-corrected chi connectivity index (χ4v) is 3.58. The first-order valence-corrected chi connectivity index (χ1v) is 10.3. The van der Waals surface area contributed by atoms with Crippen molar-refractivity contribution in [1.82, 2.24) is 9.88 Å². The smallest absolute Gasteiger partial charge is 0.323 e. The molecule has 1 aromatic heterocycles. The highest BCUT2D eigenvalue weighted by atomic mass is 16.5. The molecule has 4 rings (SSSR count). The number of aromatic nitrogens is 1. The number of carbonyl (C=O) groups excluding carboxylic acids is 2. The molecule has 0 bridgehead atoms. The number of para-hydroxylation sites is 1. The zero-order chi connectivity index (χ0) is 22.3. The van der Waals surface area contributed by atoms with E-state index in [1.165, 1.54) is 0 Å². The molecule has 8 heteroatoms. The van der Waals surface area contributed by atoms with Crippen LogP contribution in [0, 0.1) is 0 Å². The van der Waals surface area contributed by atoms with Gasteiger partial charge in [-0.1, -0.05) is 36.4 Å². The Kier molecular flexibility index (Phi) is 6.74. The molecule has 2 unspecified atom stereocenters. The molecule has 32 heavy (non-hydrogen) atoms. The monoisotopic (exact) mass is 432 g/mol. The third-order valence-electron chi connectivity index (χ3n) is 5.22. The van der Waals surface area contributed by atoms with Gasteiger partial charge in [-0.2, -0.15) is 0 Å². The van der Waals surface area contributed by atoms with Crippen molar-refractivity contribution < 1.29 is 19.4 Å². The Bertz CT molecular complexity index is 1040. The minimum atomic E-state index is -0.942. The van der Waals surface area contributed by atoms with Gasteiger partial charge >= 0.3 is 6.03 Å². The minimum Gasteiger partial charge on any atom is -0.386 e. The fourth-order valence-electron chi connectivity index (χ4n) is 3.58. The Morgan fingerprint density at radius 3 is 2.47 bits per heavy atom. The standard InChI is InChI=1S/C24H24N4O4/c29-22-16-32-15-21(28(22)14-17-5-4-12-25-13-17)23(30)18-8-10-20(11-9-18)27-24(31)26-19-6-2-1-3-7-19/h1-13,21,23,30H,14-16H2,(H2,26,27,31). The van der Waals surface area contributed by atoms with Crippen molar-refractivity contribution in [2.24, 2.45) is 0 Å². The van der Waals surface area contributed by atoms with Crippen LogP contribution in [0.4, 0.5) is 16.2 Å². The molecule has 2 atom stereocenters. The molecule has 2 heterocycles. The average Bonchev–Trinajstić information content (AvgIpc) is 2.82. The van der Waals surface area contributed by atoms with Crippen LogP contribution in [0.15, 0.2) is 79.1 Å². The van der Waals surface area contributed by atoms with Gasteiger partial charge in [0.1, 0.15) is 12.7 Å². The highest BCUT2D eigenvalue weighted by Gasteiger charge is 2.34. The lowest BCUT2D eigenvalue weighted by Crippen LogP contribution is -2.51. The third kappa shape index (κ3) is 5.29. The molecule has 2 aromatic carbocycles. The summed E-state index contributed by atoms with van der Waals surface area (Å²) in [5.41, 5.74) is 2.77. The first-order valence-electron chi connectivity index (χ1n) is 10.3. The fraction of sp³-hybridized carbons (Fsp3) is 0.208. The Labute approximate surface area is 185 Å². The molecular weight excluding hydrogens is 408 g/mol. The number of nitrogens with zero attached hydrogens (tertiary/aromatic N) is 2. The first kappa shape index (κ1) is 21.5. The molecule has 3 aromatic rings. The van der Waals surface area contributed by atoms with Gasteiger partial charge in [-0.3, -0.25) is 9.78 Å². The molecule has 1 fully saturated rings. The lowest BCUT2D eigenvalue weighted by Gasteiger charge is -2.38. The van der Waals surface area contributed by atoms with E-state index in [0.717, 1.165) is 5.56 Å². The highest BCUT2D eigenvalue weighted by Crippen LogP contribution is 2.26. The van der Waals surface area contributed by atoms with E-state index in [2.05, 4.69) is 15.6 Å². The Hall–Kier alpha value is -3.75. The van der Waals surface area contributed by atoms with Crippen LogP contribution < -0.4 is 10.6 Å². The van der Waals surface area contributed by atoms with Crippen LogP contribution in [0.1, 0.15) is 17.2 Å². The van der Waals surface area contributed by atoms with Gasteiger partial charge in [-0.15, -0.1) is 0 Å². The molecule has 0 spiro atoms. The Balaban J connectivity index is 1.42. The molecule has 3 N–H and O–H groups in total. The van der Waals surface area contributed by atoms with Gasteiger partial charge in [-0.05, 0) is 41.5 Å². The maximum Gasteiger partial charge on any atom is 0.323 e. The molecule has 1 aliphatic rings. The number of benzene rings is 2. The number of pyridine rings is 1. The predicted molar refractivity (Wildman–Crippen MR) is 120 cm³/mol. The van der Waals surface area contributed by atoms with Crippen molar-refractivity contribution in [2.75, 3.05) is 23.8 Å². The molecule has 1 saturated heterocycles. The number of morpholine rings is 1. The van der Waals surface area contributed by atoms with Crippen molar-refractivity contribution in [3.05, 3.63) is 90.3 Å². The Morgan fingerprint density at radius 1 is 1.06 bits per heavy atom. The zero-order valence-corrected chi connectivity index (χ0v) is 17.3. The number of nitrogens with one attached hydrogen (secondary N) is 2. The van der Waals surface area contributed by atoms with Gasteiger partial charge in [-0.25, -0.2) is 4.79 Å². The van der Waals surface area contributed by atoms with E-state index in [1.54, 1.807) is 53.7 Å². The molecule has 1 aliphatic heterocycles. The maximum absolute atomic E-state index is 12.5. The summed E-state index contributed by atoms with van der Waals surface area (Å²) in [5, 5.41) is 16.5. The van der Waals surface area contributed by atoms with Gasteiger partial charge in [0, 0.05) is 30.3 Å². The zero-order valence-electron chi connectivity index (χ0n) is 17.3. The van der Waals surface area contributed by atoms with Crippen LogP contribution >= 0.6 is 0 Å². The van der Waals surface area contributed by atoms with E-state index in [0.29, 0.717) is 23.5 Å². The number of urea groups is 1. The number of rotatable bonds is 6. The molecule has 164 valence electrons. The number of amides is 3. The van der Waals surface area contributed by atoms with E-state index < -0.39 is 12.1 Å². The first-order chi connectivity index (χ1) is 15.6. The summed E-state index contributed by atoms with van der Waals surface area (Å²) in [6.45, 7) is 0.562. The third-order valence-corrected chi connectivity index (χ3v) is 5.22. The molecular formula is C24H24N4O4. The second-order valence-corrected chi connectivity index (χ2v) is 7.48. The van der Waals surface area contributed by atoms with E-state index in [9.17, 15) is 14.7 Å². The van der Waals surface area contributed by atoms with E-state index >= 15 is 0 Å². The van der Waals surface area contributed by atoms with Crippen LogP contribution in [-0.4, -0.2) is 46.2 Å². The van der Waals surface area contributed by atoms with E-state index in [4.69, 9.17) is 4.74 Å². The van der Waals surface area contributed by atoms with Crippen molar-refractivity contribution in [1.29, 1.82) is 0 Å². The quantitative estimate of drug-likeness (QED) is 0.555. The second-order valence-electron chi connectivity index (χ2n) is 7.48. The minimum absolute atomic E-state index is 0.0110. The predicted octanol–water partition coefficient (Wildman–Crippen LogP) is 3.19. The topological polar surface area (TPSA) is 104 Å². The second kappa shape index (κ2) is 10.0. The van der Waals surface area contributed by atoms with E-state index in [-0.39, 0.29) is 25.2 Å². The molecule has 0 saturated carbocycles. The summed E-state index contributed by atoms with van der Waals surface area (Å²) in [7, 11) is 0. The summed E-state index contributed by atoms with van der Waals surface area (Å²) in [6, 6.07) is 18.8. The lowest BCUT2D eigenvalue weighted by atomic mass is 9.99. The average molecular weight is 432 g/mol. The van der Waals surface area contributed by atoms with Crippen LogP contribution in [0.2, 0.25) is 0 Å². The van der Waals surface area contributed by atoms with Crippen molar-refractivity contribution in [3.8, 4) is 0 Å². The molecule has 0 radical (unpaired) electrons. The summed E-state index contributed by atoms with van der Waals surface area (Å²) in [6.07, 6.45) is 2.43. The van der Waals surface area contributed by atoms with Gasteiger partial charge < -0.3 is 25.4 Å². The molecule has 8 nitrogen and oxygen atoms in total. The molecule has 3 amide bonds. The SMILES string of the molecule is O=C(Nc1ccccc1)Nc1ccc(C(O)C2COCC(=O)N2Cc2cccnc2)cc1. The number of aliphatic hydroxyl groups is 1. The van der Waals surface area contributed by atoms with Gasteiger partial charge in [0.25, 0.3) is 0 Å². The summed E-state index contributed by atoms with van der Waals surface area (Å²) in [4.78, 5) is 30.4. The number of anilines is 2. The van der Waals surface area contributed by atoms with Gasteiger partial charge in [0.2, 0.25) is 5.91 Å². The summed E-state index contributed by atoms with van der Waals surface area (Å²) in [5.74, 6) is -0.181. The lowest BCUT2D eigenvalue weighted by molar-refractivity contribution is -0.155. The largest absolute Gasteiger partial charge is 0.386 e.